The molecule has 2 nitrogen and oxygen atoms in total. The summed E-state index contributed by atoms with van der Waals surface area (Å²) in [7, 11) is 0. The van der Waals surface area contributed by atoms with Gasteiger partial charge in [0.15, 0.2) is 0 Å². The molecule has 0 radical (unpaired) electrons. The molecule has 1 aromatic rings. The van der Waals surface area contributed by atoms with Crippen LogP contribution >= 0.6 is 0 Å². The van der Waals surface area contributed by atoms with Gasteiger partial charge in [0.2, 0.25) is 0 Å². The van der Waals surface area contributed by atoms with E-state index in [0.29, 0.717) is 0 Å². The Balaban J connectivity index is 2.38. The minimum Gasteiger partial charge on any atom is -0.267 e. The molecule has 1 aromatic heterocycles. The molecule has 66 valence electrons. The summed E-state index contributed by atoms with van der Waals surface area (Å²) in [4.78, 5) is 0. The fourth-order valence-corrected chi connectivity index (χ4v) is 1.65. The Morgan fingerprint density at radius 1 is 1.33 bits per heavy atom. The Bertz CT molecular complexity index is 270. The lowest BCUT2D eigenvalue weighted by molar-refractivity contribution is 0.352. The van der Waals surface area contributed by atoms with Gasteiger partial charge in [0.25, 0.3) is 0 Å². The lowest BCUT2D eigenvalue weighted by Crippen LogP contribution is -2.22. The van der Waals surface area contributed by atoms with E-state index in [9.17, 15) is 0 Å². The zero-order chi connectivity index (χ0) is 8.77. The van der Waals surface area contributed by atoms with Crippen LogP contribution in [0.5, 0.6) is 0 Å². The highest BCUT2D eigenvalue weighted by Crippen LogP contribution is 2.23. The van der Waals surface area contributed by atoms with Crippen LogP contribution in [0.3, 0.4) is 0 Å². The fourth-order valence-electron chi connectivity index (χ4n) is 1.65. The van der Waals surface area contributed by atoms with Gasteiger partial charge in [0.05, 0.1) is 11.2 Å². The monoisotopic (exact) mass is 164 g/mol. The van der Waals surface area contributed by atoms with Gasteiger partial charge in [-0.15, -0.1) is 0 Å². The van der Waals surface area contributed by atoms with Crippen molar-refractivity contribution in [2.75, 3.05) is 0 Å². The number of aromatic nitrogens is 2. The lowest BCUT2D eigenvalue weighted by Gasteiger charge is -2.19. The van der Waals surface area contributed by atoms with Crippen LogP contribution in [0, 0.1) is 0 Å². The van der Waals surface area contributed by atoms with Crippen molar-refractivity contribution in [3.8, 4) is 0 Å². The molecule has 0 spiro atoms. The summed E-state index contributed by atoms with van der Waals surface area (Å²) in [6.07, 6.45) is 5.91. The van der Waals surface area contributed by atoms with Crippen molar-refractivity contribution in [3.63, 3.8) is 0 Å². The summed E-state index contributed by atoms with van der Waals surface area (Å²) in [5.74, 6) is 0. The molecule has 2 heteroatoms. The highest BCUT2D eigenvalue weighted by Gasteiger charge is 2.20. The zero-order valence-electron chi connectivity index (χ0n) is 8.09. The van der Waals surface area contributed by atoms with E-state index in [-0.39, 0.29) is 5.54 Å². The van der Waals surface area contributed by atoms with E-state index in [1.54, 1.807) is 0 Å². The summed E-state index contributed by atoms with van der Waals surface area (Å²) in [5, 5.41) is 4.58. The van der Waals surface area contributed by atoms with Gasteiger partial charge in [-0.3, -0.25) is 4.68 Å². The number of fused-ring (bicyclic) bond motifs is 1. The van der Waals surface area contributed by atoms with Crippen LogP contribution in [0.4, 0.5) is 0 Å². The van der Waals surface area contributed by atoms with Crippen molar-refractivity contribution < 1.29 is 0 Å². The maximum atomic E-state index is 4.58. The molecule has 0 bridgehead atoms. The summed E-state index contributed by atoms with van der Waals surface area (Å²) in [6.45, 7) is 6.57. The Kier molecular flexibility index (Phi) is 1.53. The highest BCUT2D eigenvalue weighted by atomic mass is 15.3. The van der Waals surface area contributed by atoms with Crippen molar-refractivity contribution in [1.82, 2.24) is 9.78 Å². The molecule has 1 heterocycles. The van der Waals surface area contributed by atoms with E-state index in [2.05, 4.69) is 36.7 Å². The van der Waals surface area contributed by atoms with E-state index in [0.717, 1.165) is 0 Å². The van der Waals surface area contributed by atoms with Gasteiger partial charge in [-0.1, -0.05) is 0 Å². The first kappa shape index (κ1) is 7.84. The lowest BCUT2D eigenvalue weighted by atomic mass is 10.1. The average molecular weight is 164 g/mol. The molecule has 0 aromatic carbocycles. The van der Waals surface area contributed by atoms with Crippen LogP contribution < -0.4 is 0 Å². The molecule has 12 heavy (non-hydrogen) atoms. The second kappa shape index (κ2) is 2.35. The number of hydrogen-bond donors (Lipinski definition) is 0. The first-order valence-corrected chi connectivity index (χ1v) is 4.65. The molecule has 0 saturated heterocycles. The van der Waals surface area contributed by atoms with E-state index in [4.69, 9.17) is 0 Å². The minimum absolute atomic E-state index is 0.143. The van der Waals surface area contributed by atoms with Gasteiger partial charge in [0, 0.05) is 6.20 Å². The molecule has 0 atom stereocenters. The topological polar surface area (TPSA) is 17.8 Å². The van der Waals surface area contributed by atoms with Crippen LogP contribution in [0.1, 0.15) is 38.4 Å². The Morgan fingerprint density at radius 3 is 2.67 bits per heavy atom. The standard InChI is InChI=1S/C10H16N2/c1-10(2,3)12-7-8-5-4-6-9(8)11-12/h7H,4-6H2,1-3H3. The largest absolute Gasteiger partial charge is 0.267 e. The van der Waals surface area contributed by atoms with Gasteiger partial charge >= 0.3 is 0 Å². The van der Waals surface area contributed by atoms with Crippen LogP contribution in [-0.4, -0.2) is 9.78 Å². The number of hydrogen-bond acceptors (Lipinski definition) is 1. The Hall–Kier alpha value is -0.790. The van der Waals surface area contributed by atoms with Crippen molar-refractivity contribution in [2.24, 2.45) is 0 Å². The van der Waals surface area contributed by atoms with E-state index in [1.807, 2.05) is 0 Å². The maximum Gasteiger partial charge on any atom is 0.0656 e. The number of nitrogens with zero attached hydrogens (tertiary/aromatic N) is 2. The quantitative estimate of drug-likeness (QED) is 0.574. The summed E-state index contributed by atoms with van der Waals surface area (Å²) in [6, 6.07) is 0. The van der Waals surface area contributed by atoms with Gasteiger partial charge in [-0.2, -0.15) is 5.10 Å². The number of aryl methyl sites for hydroxylation is 2. The van der Waals surface area contributed by atoms with E-state index in [1.165, 1.54) is 30.5 Å². The second-order valence-corrected chi connectivity index (χ2v) is 4.57. The molecule has 0 unspecified atom stereocenters. The summed E-state index contributed by atoms with van der Waals surface area (Å²) >= 11 is 0. The molecule has 1 aliphatic carbocycles. The fraction of sp³-hybridized carbons (Fsp3) is 0.700. The van der Waals surface area contributed by atoms with Crippen LogP contribution in [-0.2, 0) is 18.4 Å². The molecule has 0 fully saturated rings. The molecule has 0 amide bonds. The first-order valence-electron chi connectivity index (χ1n) is 4.65. The molecule has 2 rings (SSSR count). The normalized spacial score (nSPS) is 16.6. The van der Waals surface area contributed by atoms with Gasteiger partial charge in [-0.05, 0) is 45.6 Å². The van der Waals surface area contributed by atoms with E-state index >= 15 is 0 Å². The van der Waals surface area contributed by atoms with Crippen LogP contribution in [0.25, 0.3) is 0 Å². The predicted octanol–water partition coefficient (Wildman–Crippen LogP) is 2.13. The third-order valence-electron chi connectivity index (χ3n) is 2.42. The van der Waals surface area contributed by atoms with Crippen molar-refractivity contribution in [1.29, 1.82) is 0 Å². The van der Waals surface area contributed by atoms with Crippen molar-refractivity contribution >= 4 is 0 Å². The average Bonchev–Trinajstić information content (AvgIpc) is 2.37. The Labute approximate surface area is 73.6 Å². The first-order chi connectivity index (χ1) is 5.57. The molecule has 0 aliphatic heterocycles. The number of rotatable bonds is 0. The van der Waals surface area contributed by atoms with Crippen LogP contribution in [0.2, 0.25) is 0 Å². The molecular formula is C10H16N2. The predicted molar refractivity (Wildman–Crippen MR) is 49.2 cm³/mol. The smallest absolute Gasteiger partial charge is 0.0656 e. The SMILES string of the molecule is CC(C)(C)n1cc2c(n1)CCC2. The van der Waals surface area contributed by atoms with Crippen molar-refractivity contribution in [3.05, 3.63) is 17.5 Å². The molecule has 0 saturated carbocycles. The summed E-state index contributed by atoms with van der Waals surface area (Å²) in [5.41, 5.74) is 2.93. The third-order valence-corrected chi connectivity index (χ3v) is 2.42. The molecule has 1 aliphatic rings. The third kappa shape index (κ3) is 1.15. The summed E-state index contributed by atoms with van der Waals surface area (Å²) < 4.78 is 2.09. The van der Waals surface area contributed by atoms with Gasteiger partial charge in [0.1, 0.15) is 0 Å². The maximum absolute atomic E-state index is 4.58. The Morgan fingerprint density at radius 2 is 2.08 bits per heavy atom. The van der Waals surface area contributed by atoms with Crippen LogP contribution in [0.15, 0.2) is 6.20 Å². The van der Waals surface area contributed by atoms with Gasteiger partial charge in [-0.25, -0.2) is 0 Å². The molecular weight excluding hydrogens is 148 g/mol. The zero-order valence-corrected chi connectivity index (χ0v) is 8.09. The highest BCUT2D eigenvalue weighted by molar-refractivity contribution is 5.22. The minimum atomic E-state index is 0.143. The molecule has 0 N–H and O–H groups in total. The second-order valence-electron chi connectivity index (χ2n) is 4.57. The van der Waals surface area contributed by atoms with E-state index < -0.39 is 0 Å². The van der Waals surface area contributed by atoms with Gasteiger partial charge < -0.3 is 0 Å². The van der Waals surface area contributed by atoms with Crippen molar-refractivity contribution in [2.45, 2.75) is 45.6 Å².